The number of methoxy groups -OCH3 is 2. The number of rotatable bonds is 6. The van der Waals surface area contributed by atoms with Gasteiger partial charge in [-0.3, -0.25) is 4.99 Å². The van der Waals surface area contributed by atoms with Gasteiger partial charge in [0.25, 0.3) is 0 Å². The summed E-state index contributed by atoms with van der Waals surface area (Å²) >= 11 is 12.1. The van der Waals surface area contributed by atoms with Gasteiger partial charge in [0.15, 0.2) is 17.5 Å². The second kappa shape index (κ2) is 8.87. The normalized spacial score (nSPS) is 11.4. The molecule has 1 heterocycles. The molecule has 25 heavy (non-hydrogen) atoms. The molecule has 0 radical (unpaired) electrons. The number of halogens is 2. The van der Waals surface area contributed by atoms with E-state index in [-0.39, 0.29) is 0 Å². The zero-order chi connectivity index (χ0) is 18.4. The molecule has 0 amide bonds. The highest BCUT2D eigenvalue weighted by Crippen LogP contribution is 2.30. The molecule has 0 saturated heterocycles. The van der Waals surface area contributed by atoms with Crippen LogP contribution in [0.3, 0.4) is 0 Å². The number of para-hydroxylation sites is 1. The zero-order valence-corrected chi connectivity index (χ0v) is 16.2. The van der Waals surface area contributed by atoms with Gasteiger partial charge in [0.2, 0.25) is 0 Å². The molecule has 2 N–H and O–H groups in total. The number of aromatic nitrogens is 1. The van der Waals surface area contributed by atoms with Gasteiger partial charge in [-0.1, -0.05) is 35.3 Å². The molecule has 1 aromatic carbocycles. The monoisotopic (exact) mass is 384 g/mol. The number of benzene rings is 1. The minimum atomic E-state index is 0.516. The fourth-order valence-corrected chi connectivity index (χ4v) is 2.84. The van der Waals surface area contributed by atoms with Crippen molar-refractivity contribution in [3.63, 3.8) is 0 Å². The van der Waals surface area contributed by atoms with Crippen molar-refractivity contribution >= 4 is 29.2 Å². The van der Waals surface area contributed by atoms with E-state index >= 15 is 0 Å². The molecule has 2 aromatic rings. The summed E-state index contributed by atoms with van der Waals surface area (Å²) in [5.74, 6) is 2.05. The van der Waals surface area contributed by atoms with Crippen LogP contribution in [0.15, 0.2) is 29.3 Å². The Hall–Kier alpha value is -2.05. The van der Waals surface area contributed by atoms with E-state index in [9.17, 15) is 0 Å². The van der Waals surface area contributed by atoms with Crippen LogP contribution < -0.4 is 20.1 Å². The molecule has 1 aromatic heterocycles. The van der Waals surface area contributed by atoms with E-state index in [1.807, 2.05) is 35.9 Å². The van der Waals surface area contributed by atoms with Crippen LogP contribution >= 0.6 is 23.2 Å². The van der Waals surface area contributed by atoms with Gasteiger partial charge in [0.05, 0.1) is 25.8 Å². The Morgan fingerprint density at radius 1 is 1.16 bits per heavy atom. The topological polar surface area (TPSA) is 59.8 Å². The van der Waals surface area contributed by atoms with Gasteiger partial charge in [-0.2, -0.15) is 0 Å². The summed E-state index contributed by atoms with van der Waals surface area (Å²) in [5.41, 5.74) is 1.92. The van der Waals surface area contributed by atoms with E-state index in [1.54, 1.807) is 21.3 Å². The summed E-state index contributed by atoms with van der Waals surface area (Å²) in [6.07, 6.45) is 0. The Kier molecular flexibility index (Phi) is 6.84. The molecule has 6 nitrogen and oxygen atoms in total. The standard InChI is InChI=1S/C17H22Cl2N4O2/c1-20-17(22-10-12-8-13(18)16(19)23(12)2)21-9-11-6-5-7-14(24-3)15(11)25-4/h5-8H,9-10H2,1-4H3,(H2,20,21,22). The summed E-state index contributed by atoms with van der Waals surface area (Å²) in [6, 6.07) is 7.58. The van der Waals surface area contributed by atoms with E-state index in [4.69, 9.17) is 32.7 Å². The maximum absolute atomic E-state index is 6.08. The quantitative estimate of drug-likeness (QED) is 0.592. The molecule has 8 heteroatoms. The SMILES string of the molecule is CN=C(NCc1cccc(OC)c1OC)NCc1cc(Cl)c(Cl)n1C. The van der Waals surface area contributed by atoms with Crippen molar-refractivity contribution in [2.24, 2.45) is 12.0 Å². The summed E-state index contributed by atoms with van der Waals surface area (Å²) in [4.78, 5) is 4.22. The number of hydrogen-bond acceptors (Lipinski definition) is 3. The Morgan fingerprint density at radius 3 is 2.44 bits per heavy atom. The zero-order valence-electron chi connectivity index (χ0n) is 14.7. The van der Waals surface area contributed by atoms with E-state index in [2.05, 4.69) is 15.6 Å². The summed E-state index contributed by atoms with van der Waals surface area (Å²) in [6.45, 7) is 1.08. The lowest BCUT2D eigenvalue weighted by atomic mass is 10.2. The highest BCUT2D eigenvalue weighted by Gasteiger charge is 2.11. The van der Waals surface area contributed by atoms with Crippen molar-refractivity contribution < 1.29 is 9.47 Å². The Labute approximate surface area is 157 Å². The first kappa shape index (κ1) is 19.3. The van der Waals surface area contributed by atoms with Crippen molar-refractivity contribution in [3.05, 3.63) is 45.7 Å². The molecular formula is C17H22Cl2N4O2. The van der Waals surface area contributed by atoms with E-state index < -0.39 is 0 Å². The van der Waals surface area contributed by atoms with Crippen LogP contribution in [-0.4, -0.2) is 31.8 Å². The largest absolute Gasteiger partial charge is 0.493 e. The molecule has 0 aliphatic carbocycles. The molecule has 0 unspecified atom stereocenters. The third kappa shape index (κ3) is 4.52. The molecule has 0 atom stereocenters. The second-order valence-electron chi connectivity index (χ2n) is 5.27. The molecular weight excluding hydrogens is 363 g/mol. The van der Waals surface area contributed by atoms with Crippen LogP contribution in [0.2, 0.25) is 10.2 Å². The predicted octanol–water partition coefficient (Wildman–Crippen LogP) is 3.21. The van der Waals surface area contributed by atoms with Gasteiger partial charge in [-0.15, -0.1) is 0 Å². The first-order valence-corrected chi connectivity index (χ1v) is 8.41. The first-order valence-electron chi connectivity index (χ1n) is 7.65. The molecule has 0 saturated carbocycles. The van der Waals surface area contributed by atoms with Gasteiger partial charge < -0.3 is 24.7 Å². The molecule has 136 valence electrons. The van der Waals surface area contributed by atoms with Crippen molar-refractivity contribution in [2.45, 2.75) is 13.1 Å². The van der Waals surface area contributed by atoms with Crippen molar-refractivity contribution in [1.82, 2.24) is 15.2 Å². The van der Waals surface area contributed by atoms with Gasteiger partial charge in [-0.05, 0) is 12.1 Å². The average molecular weight is 385 g/mol. The van der Waals surface area contributed by atoms with Crippen LogP contribution in [0, 0.1) is 0 Å². The number of guanidine groups is 1. The summed E-state index contributed by atoms with van der Waals surface area (Å²) in [7, 11) is 6.81. The minimum Gasteiger partial charge on any atom is -0.493 e. The number of nitrogens with zero attached hydrogens (tertiary/aromatic N) is 2. The second-order valence-corrected chi connectivity index (χ2v) is 6.03. The molecule has 0 bridgehead atoms. The fourth-order valence-electron chi connectivity index (χ4n) is 2.43. The first-order chi connectivity index (χ1) is 12.0. The number of aliphatic imine (C=N–C) groups is 1. The van der Waals surface area contributed by atoms with E-state index in [0.29, 0.717) is 40.7 Å². The Morgan fingerprint density at radius 2 is 1.88 bits per heavy atom. The average Bonchev–Trinajstić information content (AvgIpc) is 2.88. The predicted molar refractivity (Wildman–Crippen MR) is 102 cm³/mol. The smallest absolute Gasteiger partial charge is 0.191 e. The molecule has 0 aliphatic rings. The van der Waals surface area contributed by atoms with Gasteiger partial charge in [0.1, 0.15) is 5.15 Å². The lowest BCUT2D eigenvalue weighted by Crippen LogP contribution is -2.36. The van der Waals surface area contributed by atoms with Crippen LogP contribution in [0.1, 0.15) is 11.3 Å². The maximum atomic E-state index is 6.08. The molecule has 0 fully saturated rings. The van der Waals surface area contributed by atoms with Crippen LogP contribution in [0.5, 0.6) is 11.5 Å². The van der Waals surface area contributed by atoms with Crippen LogP contribution in [0.4, 0.5) is 0 Å². The lowest BCUT2D eigenvalue weighted by molar-refractivity contribution is 0.351. The van der Waals surface area contributed by atoms with Crippen LogP contribution in [-0.2, 0) is 20.1 Å². The summed E-state index contributed by atoms with van der Waals surface area (Å²) < 4.78 is 12.6. The highest BCUT2D eigenvalue weighted by atomic mass is 35.5. The third-order valence-electron chi connectivity index (χ3n) is 3.81. The van der Waals surface area contributed by atoms with Crippen LogP contribution in [0.25, 0.3) is 0 Å². The minimum absolute atomic E-state index is 0.516. The van der Waals surface area contributed by atoms with E-state index in [1.165, 1.54) is 0 Å². The van der Waals surface area contributed by atoms with Crippen molar-refractivity contribution in [2.75, 3.05) is 21.3 Å². The van der Waals surface area contributed by atoms with Crippen molar-refractivity contribution in [3.8, 4) is 11.5 Å². The Balaban J connectivity index is 2.00. The van der Waals surface area contributed by atoms with Gasteiger partial charge >= 0.3 is 0 Å². The number of hydrogen-bond donors (Lipinski definition) is 2. The number of ether oxygens (including phenoxy) is 2. The Bertz CT molecular complexity index is 759. The van der Waals surface area contributed by atoms with E-state index in [0.717, 1.165) is 11.3 Å². The highest BCUT2D eigenvalue weighted by molar-refractivity contribution is 6.41. The molecule has 0 spiro atoms. The third-order valence-corrected chi connectivity index (χ3v) is 4.65. The molecule has 2 rings (SSSR count). The molecule has 0 aliphatic heterocycles. The van der Waals surface area contributed by atoms with Gasteiger partial charge in [-0.25, -0.2) is 0 Å². The lowest BCUT2D eigenvalue weighted by Gasteiger charge is -2.15. The maximum Gasteiger partial charge on any atom is 0.191 e. The summed E-state index contributed by atoms with van der Waals surface area (Å²) in [5, 5.41) is 7.53. The fraction of sp³-hybridized carbons (Fsp3) is 0.353. The van der Waals surface area contributed by atoms with Crippen molar-refractivity contribution in [1.29, 1.82) is 0 Å². The van der Waals surface area contributed by atoms with Gasteiger partial charge in [0, 0.05) is 31.9 Å². The number of nitrogens with one attached hydrogen (secondary N) is 2.